The van der Waals surface area contributed by atoms with Crippen molar-refractivity contribution in [2.75, 3.05) is 39.8 Å². The van der Waals surface area contributed by atoms with Gasteiger partial charge >= 0.3 is 0 Å². The van der Waals surface area contributed by atoms with Gasteiger partial charge in [0.2, 0.25) is 0 Å². The predicted octanol–water partition coefficient (Wildman–Crippen LogP) is 2.62. The number of fused-ring (bicyclic) bond motifs is 1. The number of hydrogen-bond acceptors (Lipinski definition) is 3. The van der Waals surface area contributed by atoms with Crippen LogP contribution in [0.1, 0.15) is 36.5 Å². The number of nitrogens with one attached hydrogen (secondary N) is 1. The van der Waals surface area contributed by atoms with Crippen molar-refractivity contribution in [1.82, 2.24) is 10.2 Å². The molecule has 3 rings (SSSR count). The van der Waals surface area contributed by atoms with Crippen molar-refractivity contribution in [3.8, 4) is 0 Å². The summed E-state index contributed by atoms with van der Waals surface area (Å²) in [5, 5.41) is 3.45. The van der Waals surface area contributed by atoms with Crippen LogP contribution in [0.25, 0.3) is 0 Å². The highest BCUT2D eigenvalue weighted by atomic mass is 16.5. The zero-order chi connectivity index (χ0) is 14.5. The normalized spacial score (nSPS) is 23.2. The van der Waals surface area contributed by atoms with E-state index in [4.69, 9.17) is 4.74 Å². The van der Waals surface area contributed by atoms with Gasteiger partial charge in [-0.3, -0.25) is 0 Å². The Balaban J connectivity index is 1.49. The molecule has 1 unspecified atom stereocenters. The number of hydrogen-bond donors (Lipinski definition) is 1. The van der Waals surface area contributed by atoms with Gasteiger partial charge in [-0.15, -0.1) is 0 Å². The van der Waals surface area contributed by atoms with Gasteiger partial charge in [0.05, 0.1) is 12.7 Å². The van der Waals surface area contributed by atoms with Gasteiger partial charge in [0.15, 0.2) is 0 Å². The van der Waals surface area contributed by atoms with Crippen LogP contribution in [0.15, 0.2) is 24.3 Å². The second-order valence-corrected chi connectivity index (χ2v) is 6.55. The minimum absolute atomic E-state index is 0.257. The summed E-state index contributed by atoms with van der Waals surface area (Å²) in [6.45, 7) is 5.47. The van der Waals surface area contributed by atoms with Gasteiger partial charge in [0, 0.05) is 6.54 Å². The first kappa shape index (κ1) is 15.0. The van der Waals surface area contributed by atoms with Crippen molar-refractivity contribution in [1.29, 1.82) is 0 Å². The number of rotatable bonds is 5. The van der Waals surface area contributed by atoms with Gasteiger partial charge in [-0.2, -0.15) is 0 Å². The highest BCUT2D eigenvalue weighted by molar-refractivity contribution is 5.31. The number of ether oxygens (including phenoxy) is 1. The van der Waals surface area contributed by atoms with Crippen LogP contribution >= 0.6 is 0 Å². The first-order valence-corrected chi connectivity index (χ1v) is 8.41. The molecular formula is C18H28N2O. The van der Waals surface area contributed by atoms with Crippen LogP contribution in [-0.2, 0) is 11.2 Å². The van der Waals surface area contributed by atoms with E-state index >= 15 is 0 Å². The maximum Gasteiger partial charge on any atom is 0.0954 e. The fourth-order valence-electron chi connectivity index (χ4n) is 3.58. The van der Waals surface area contributed by atoms with Crippen molar-refractivity contribution >= 4 is 0 Å². The number of benzene rings is 1. The molecule has 116 valence electrons. The Morgan fingerprint density at radius 3 is 2.90 bits per heavy atom. The van der Waals surface area contributed by atoms with E-state index in [0.29, 0.717) is 0 Å². The van der Waals surface area contributed by atoms with E-state index in [1.54, 1.807) is 0 Å². The van der Waals surface area contributed by atoms with E-state index in [1.807, 2.05) is 0 Å². The Hall–Kier alpha value is -0.900. The largest absolute Gasteiger partial charge is 0.372 e. The lowest BCUT2D eigenvalue weighted by Gasteiger charge is -2.31. The Morgan fingerprint density at radius 2 is 2.05 bits per heavy atom. The second kappa shape index (κ2) is 7.39. The van der Waals surface area contributed by atoms with Gasteiger partial charge in [-0.25, -0.2) is 0 Å². The van der Waals surface area contributed by atoms with E-state index in [0.717, 1.165) is 25.5 Å². The first-order chi connectivity index (χ1) is 10.3. The van der Waals surface area contributed by atoms with Gasteiger partial charge in [0.25, 0.3) is 0 Å². The molecule has 2 aliphatic rings. The van der Waals surface area contributed by atoms with Gasteiger partial charge in [-0.1, -0.05) is 24.3 Å². The van der Waals surface area contributed by atoms with Crippen molar-refractivity contribution in [3.05, 3.63) is 35.4 Å². The maximum atomic E-state index is 6.02. The molecule has 1 N–H and O–H groups in total. The molecule has 0 saturated carbocycles. The minimum atomic E-state index is 0.257. The molecule has 1 aromatic rings. The lowest BCUT2D eigenvalue weighted by Crippen LogP contribution is -2.33. The molecule has 0 aromatic heterocycles. The summed E-state index contributed by atoms with van der Waals surface area (Å²) >= 11 is 0. The quantitative estimate of drug-likeness (QED) is 0.901. The lowest BCUT2D eigenvalue weighted by molar-refractivity contribution is 0.0200. The summed E-state index contributed by atoms with van der Waals surface area (Å²) in [6, 6.07) is 8.76. The van der Waals surface area contributed by atoms with Crippen LogP contribution in [0.2, 0.25) is 0 Å². The zero-order valence-corrected chi connectivity index (χ0v) is 13.2. The SMILES string of the molecule is CN(CCC1CCNCC1)CC1OCCc2ccccc21. The van der Waals surface area contributed by atoms with Crippen LogP contribution in [0.5, 0.6) is 0 Å². The van der Waals surface area contributed by atoms with Crippen molar-refractivity contribution in [2.24, 2.45) is 5.92 Å². The molecule has 0 bridgehead atoms. The summed E-state index contributed by atoms with van der Waals surface area (Å²) in [7, 11) is 2.24. The monoisotopic (exact) mass is 288 g/mol. The average Bonchev–Trinajstić information content (AvgIpc) is 2.54. The molecule has 1 aromatic carbocycles. The standard InChI is InChI=1S/C18H28N2O/c1-20(12-8-15-6-10-19-11-7-15)14-18-17-5-3-2-4-16(17)9-13-21-18/h2-5,15,18-19H,6-14H2,1H3. The average molecular weight is 288 g/mol. The summed E-state index contributed by atoms with van der Waals surface area (Å²) in [4.78, 5) is 2.45. The van der Waals surface area contributed by atoms with Crippen LogP contribution in [-0.4, -0.2) is 44.7 Å². The fraction of sp³-hybridized carbons (Fsp3) is 0.667. The van der Waals surface area contributed by atoms with Crippen molar-refractivity contribution in [2.45, 2.75) is 31.8 Å². The molecule has 0 amide bonds. The topological polar surface area (TPSA) is 24.5 Å². The molecule has 2 heterocycles. The minimum Gasteiger partial charge on any atom is -0.372 e. The molecular weight excluding hydrogens is 260 g/mol. The first-order valence-electron chi connectivity index (χ1n) is 8.41. The Bertz CT molecular complexity index is 443. The predicted molar refractivity (Wildman–Crippen MR) is 86.5 cm³/mol. The number of likely N-dealkylation sites (N-methyl/N-ethyl adjacent to an activating group) is 1. The summed E-state index contributed by atoms with van der Waals surface area (Å²) in [5.74, 6) is 0.910. The lowest BCUT2D eigenvalue weighted by atomic mass is 9.94. The Kier molecular flexibility index (Phi) is 5.28. The summed E-state index contributed by atoms with van der Waals surface area (Å²) < 4.78 is 6.02. The molecule has 3 heteroatoms. The van der Waals surface area contributed by atoms with Crippen LogP contribution in [0, 0.1) is 5.92 Å². The number of nitrogens with zero attached hydrogens (tertiary/aromatic N) is 1. The van der Waals surface area contributed by atoms with Gasteiger partial charge in [-0.05, 0) is 69.4 Å². The van der Waals surface area contributed by atoms with E-state index < -0.39 is 0 Å². The molecule has 0 spiro atoms. The van der Waals surface area contributed by atoms with Crippen LogP contribution in [0.4, 0.5) is 0 Å². The van der Waals surface area contributed by atoms with Crippen LogP contribution < -0.4 is 5.32 Å². The molecule has 2 aliphatic heterocycles. The molecule has 1 fully saturated rings. The summed E-state index contributed by atoms with van der Waals surface area (Å²) in [6.07, 6.45) is 5.33. The van der Waals surface area contributed by atoms with Gasteiger partial charge < -0.3 is 15.0 Å². The third kappa shape index (κ3) is 4.06. The highest BCUT2D eigenvalue weighted by Crippen LogP contribution is 2.27. The molecule has 3 nitrogen and oxygen atoms in total. The fourth-order valence-corrected chi connectivity index (χ4v) is 3.58. The molecule has 0 radical (unpaired) electrons. The van der Waals surface area contributed by atoms with E-state index in [1.165, 1.54) is 50.0 Å². The summed E-state index contributed by atoms with van der Waals surface area (Å²) in [5.41, 5.74) is 2.87. The molecule has 1 saturated heterocycles. The van der Waals surface area contributed by atoms with E-state index in [-0.39, 0.29) is 6.10 Å². The van der Waals surface area contributed by atoms with E-state index in [2.05, 4.69) is 41.5 Å². The molecule has 21 heavy (non-hydrogen) atoms. The third-order valence-electron chi connectivity index (χ3n) is 4.95. The van der Waals surface area contributed by atoms with Crippen molar-refractivity contribution in [3.63, 3.8) is 0 Å². The molecule has 0 aliphatic carbocycles. The Labute approximate surface area is 128 Å². The Morgan fingerprint density at radius 1 is 1.24 bits per heavy atom. The smallest absolute Gasteiger partial charge is 0.0954 e. The molecule has 1 atom stereocenters. The third-order valence-corrected chi connectivity index (χ3v) is 4.95. The van der Waals surface area contributed by atoms with Crippen molar-refractivity contribution < 1.29 is 4.74 Å². The number of piperidine rings is 1. The van der Waals surface area contributed by atoms with Crippen LogP contribution in [0.3, 0.4) is 0 Å². The zero-order valence-electron chi connectivity index (χ0n) is 13.2. The van der Waals surface area contributed by atoms with E-state index in [9.17, 15) is 0 Å². The highest BCUT2D eigenvalue weighted by Gasteiger charge is 2.22. The maximum absolute atomic E-state index is 6.02. The van der Waals surface area contributed by atoms with Gasteiger partial charge in [0.1, 0.15) is 0 Å². The second-order valence-electron chi connectivity index (χ2n) is 6.55.